The standard InChI is InChI=1S/C16H20N6S/c1-2-14-19-15-6-5-12(10-22(15)21-14)17-8-11-9-18-20-16(11)13-4-3-7-23-13/h3-4,7,9,12,17H,2,5-6,8,10H2,1H3,(H,18,20)/t12-/m1/s1. The van der Waals surface area contributed by atoms with E-state index >= 15 is 0 Å². The summed E-state index contributed by atoms with van der Waals surface area (Å²) in [5.41, 5.74) is 2.34. The molecule has 0 radical (unpaired) electrons. The minimum Gasteiger partial charge on any atom is -0.308 e. The Hall–Kier alpha value is -1.99. The number of aryl methyl sites for hydroxylation is 2. The van der Waals surface area contributed by atoms with Gasteiger partial charge in [-0.2, -0.15) is 10.2 Å². The average molecular weight is 328 g/mol. The van der Waals surface area contributed by atoms with E-state index in [0.29, 0.717) is 6.04 Å². The van der Waals surface area contributed by atoms with E-state index in [0.717, 1.165) is 49.7 Å². The quantitative estimate of drug-likeness (QED) is 0.754. The van der Waals surface area contributed by atoms with Crippen molar-refractivity contribution in [2.75, 3.05) is 0 Å². The number of thiophene rings is 1. The molecule has 3 aromatic rings. The number of nitrogens with one attached hydrogen (secondary N) is 2. The summed E-state index contributed by atoms with van der Waals surface area (Å²) in [6.45, 7) is 3.82. The SMILES string of the molecule is CCc1nc2n(n1)C[C@H](NCc1cn[nH]c1-c1cccs1)CC2. The maximum absolute atomic E-state index is 4.57. The van der Waals surface area contributed by atoms with Crippen LogP contribution in [-0.4, -0.2) is 31.0 Å². The largest absolute Gasteiger partial charge is 0.308 e. The molecule has 2 N–H and O–H groups in total. The molecule has 1 atom stereocenters. The van der Waals surface area contributed by atoms with Crippen LogP contribution in [0.4, 0.5) is 0 Å². The predicted octanol–water partition coefficient (Wildman–Crippen LogP) is 2.40. The highest BCUT2D eigenvalue weighted by molar-refractivity contribution is 7.13. The second kappa shape index (κ2) is 6.25. The van der Waals surface area contributed by atoms with Crippen molar-refractivity contribution in [1.82, 2.24) is 30.3 Å². The summed E-state index contributed by atoms with van der Waals surface area (Å²) in [4.78, 5) is 5.80. The first kappa shape index (κ1) is 14.6. The highest BCUT2D eigenvalue weighted by atomic mass is 32.1. The van der Waals surface area contributed by atoms with E-state index in [2.05, 4.69) is 54.7 Å². The Morgan fingerprint density at radius 1 is 1.48 bits per heavy atom. The second-order valence-corrected chi connectivity index (χ2v) is 6.79. The van der Waals surface area contributed by atoms with E-state index < -0.39 is 0 Å². The highest BCUT2D eigenvalue weighted by Gasteiger charge is 2.21. The van der Waals surface area contributed by atoms with Crippen LogP contribution in [0.25, 0.3) is 10.6 Å². The molecule has 4 rings (SSSR count). The van der Waals surface area contributed by atoms with Gasteiger partial charge in [-0.15, -0.1) is 11.3 Å². The molecule has 0 spiro atoms. The summed E-state index contributed by atoms with van der Waals surface area (Å²) >= 11 is 1.73. The van der Waals surface area contributed by atoms with Crippen molar-refractivity contribution in [1.29, 1.82) is 0 Å². The van der Waals surface area contributed by atoms with Crippen LogP contribution in [0.1, 0.15) is 30.6 Å². The van der Waals surface area contributed by atoms with Gasteiger partial charge in [0.05, 0.1) is 23.3 Å². The van der Waals surface area contributed by atoms with Gasteiger partial charge in [0, 0.05) is 31.0 Å². The van der Waals surface area contributed by atoms with Crippen LogP contribution in [0.15, 0.2) is 23.7 Å². The lowest BCUT2D eigenvalue weighted by atomic mass is 10.1. The fourth-order valence-corrected chi connectivity index (χ4v) is 3.77. The molecular formula is C16H20N6S. The monoisotopic (exact) mass is 328 g/mol. The van der Waals surface area contributed by atoms with Gasteiger partial charge in [-0.3, -0.25) is 5.10 Å². The molecule has 23 heavy (non-hydrogen) atoms. The smallest absolute Gasteiger partial charge is 0.150 e. The van der Waals surface area contributed by atoms with Gasteiger partial charge in [-0.05, 0) is 17.9 Å². The number of aromatic amines is 1. The van der Waals surface area contributed by atoms with Gasteiger partial charge in [-0.25, -0.2) is 9.67 Å². The van der Waals surface area contributed by atoms with Gasteiger partial charge in [0.2, 0.25) is 0 Å². The lowest BCUT2D eigenvalue weighted by Gasteiger charge is -2.23. The van der Waals surface area contributed by atoms with Crippen LogP contribution in [0, 0.1) is 0 Å². The first-order valence-corrected chi connectivity index (χ1v) is 8.93. The summed E-state index contributed by atoms with van der Waals surface area (Å²) in [5.74, 6) is 2.08. The first-order valence-electron chi connectivity index (χ1n) is 8.05. The molecule has 7 heteroatoms. The zero-order valence-electron chi connectivity index (χ0n) is 13.1. The molecule has 0 amide bonds. The number of nitrogens with zero attached hydrogens (tertiary/aromatic N) is 4. The van der Waals surface area contributed by atoms with E-state index in [-0.39, 0.29) is 0 Å². The molecule has 0 bridgehead atoms. The van der Waals surface area contributed by atoms with Crippen LogP contribution in [0.5, 0.6) is 0 Å². The van der Waals surface area contributed by atoms with Crippen molar-refractivity contribution < 1.29 is 0 Å². The van der Waals surface area contributed by atoms with Crippen molar-refractivity contribution in [3.8, 4) is 10.6 Å². The van der Waals surface area contributed by atoms with Gasteiger partial charge in [0.25, 0.3) is 0 Å². The summed E-state index contributed by atoms with van der Waals surface area (Å²) in [6.07, 6.45) is 4.92. The van der Waals surface area contributed by atoms with Crippen molar-refractivity contribution in [2.24, 2.45) is 0 Å². The van der Waals surface area contributed by atoms with Gasteiger partial charge >= 0.3 is 0 Å². The minimum atomic E-state index is 0.431. The topological polar surface area (TPSA) is 71.4 Å². The van der Waals surface area contributed by atoms with Gasteiger partial charge in [0.1, 0.15) is 5.82 Å². The molecular weight excluding hydrogens is 308 g/mol. The highest BCUT2D eigenvalue weighted by Crippen LogP contribution is 2.26. The van der Waals surface area contributed by atoms with Crippen LogP contribution in [0.2, 0.25) is 0 Å². The van der Waals surface area contributed by atoms with E-state index in [1.807, 2.05) is 6.20 Å². The molecule has 0 saturated carbocycles. The number of aromatic nitrogens is 5. The lowest BCUT2D eigenvalue weighted by molar-refractivity contribution is 0.357. The van der Waals surface area contributed by atoms with Gasteiger partial charge in [0.15, 0.2) is 5.82 Å². The fourth-order valence-electron chi connectivity index (χ4n) is 3.01. The Kier molecular flexibility index (Phi) is 3.97. The molecule has 0 aliphatic carbocycles. The number of fused-ring (bicyclic) bond motifs is 1. The maximum Gasteiger partial charge on any atom is 0.150 e. The number of hydrogen-bond acceptors (Lipinski definition) is 5. The number of hydrogen-bond donors (Lipinski definition) is 2. The third kappa shape index (κ3) is 2.94. The molecule has 0 aromatic carbocycles. The minimum absolute atomic E-state index is 0.431. The van der Waals surface area contributed by atoms with Crippen molar-refractivity contribution in [3.63, 3.8) is 0 Å². The fraction of sp³-hybridized carbons (Fsp3) is 0.438. The Morgan fingerprint density at radius 3 is 3.26 bits per heavy atom. The van der Waals surface area contributed by atoms with Crippen molar-refractivity contribution >= 4 is 11.3 Å². The Labute approximate surface area is 139 Å². The molecule has 6 nitrogen and oxygen atoms in total. The lowest BCUT2D eigenvalue weighted by Crippen LogP contribution is -2.37. The van der Waals surface area contributed by atoms with E-state index in [4.69, 9.17) is 0 Å². The second-order valence-electron chi connectivity index (χ2n) is 5.84. The zero-order valence-corrected chi connectivity index (χ0v) is 13.9. The summed E-state index contributed by atoms with van der Waals surface area (Å²) in [6, 6.07) is 4.62. The summed E-state index contributed by atoms with van der Waals surface area (Å²) in [5, 5.41) is 17.6. The summed E-state index contributed by atoms with van der Waals surface area (Å²) in [7, 11) is 0. The average Bonchev–Trinajstić information content (AvgIpc) is 3.30. The molecule has 1 aliphatic heterocycles. The maximum atomic E-state index is 4.57. The normalized spacial score (nSPS) is 17.3. The molecule has 0 unspecified atom stereocenters. The van der Waals surface area contributed by atoms with Crippen molar-refractivity contribution in [3.05, 3.63) is 40.9 Å². The first-order chi connectivity index (χ1) is 11.3. The van der Waals surface area contributed by atoms with Gasteiger partial charge in [-0.1, -0.05) is 13.0 Å². The van der Waals surface area contributed by atoms with Crippen LogP contribution in [0.3, 0.4) is 0 Å². The summed E-state index contributed by atoms with van der Waals surface area (Å²) < 4.78 is 2.07. The van der Waals surface area contributed by atoms with Gasteiger partial charge < -0.3 is 5.32 Å². The third-order valence-corrected chi connectivity index (χ3v) is 5.17. The molecule has 120 valence electrons. The van der Waals surface area contributed by atoms with Crippen LogP contribution in [-0.2, 0) is 25.9 Å². The number of rotatable bonds is 5. The Bertz CT molecular complexity index is 772. The third-order valence-electron chi connectivity index (χ3n) is 4.28. The van der Waals surface area contributed by atoms with Crippen molar-refractivity contribution in [2.45, 2.75) is 45.3 Å². The van der Waals surface area contributed by atoms with E-state index in [9.17, 15) is 0 Å². The van der Waals surface area contributed by atoms with E-state index in [1.165, 1.54) is 10.4 Å². The zero-order chi connectivity index (χ0) is 15.6. The Balaban J connectivity index is 1.42. The van der Waals surface area contributed by atoms with Crippen LogP contribution >= 0.6 is 11.3 Å². The molecule has 4 heterocycles. The predicted molar refractivity (Wildman–Crippen MR) is 90.2 cm³/mol. The Morgan fingerprint density at radius 2 is 2.43 bits per heavy atom. The van der Waals surface area contributed by atoms with E-state index in [1.54, 1.807) is 11.3 Å². The van der Waals surface area contributed by atoms with Crippen LogP contribution < -0.4 is 5.32 Å². The molecule has 0 saturated heterocycles. The molecule has 3 aromatic heterocycles. The molecule has 1 aliphatic rings. The molecule has 0 fully saturated rings. The number of H-pyrrole nitrogens is 1.